The van der Waals surface area contributed by atoms with Gasteiger partial charge in [-0.1, -0.05) is 84.9 Å². The molecule has 0 aliphatic carbocycles. The summed E-state index contributed by atoms with van der Waals surface area (Å²) in [5, 5.41) is 3.00. The van der Waals surface area contributed by atoms with Crippen LogP contribution in [0.2, 0.25) is 0 Å². The summed E-state index contributed by atoms with van der Waals surface area (Å²) < 4.78 is 48.6. The van der Waals surface area contributed by atoms with Crippen molar-refractivity contribution in [1.82, 2.24) is 10.2 Å². The Morgan fingerprint density at radius 1 is 0.923 bits per heavy atom. The normalized spacial score (nSPS) is 20.8. The van der Waals surface area contributed by atoms with Crippen LogP contribution in [0.5, 0.6) is 0 Å². The third-order valence-electron chi connectivity index (χ3n) is 8.41. The average Bonchev–Trinajstić information content (AvgIpc) is 2.94. The molecule has 2 fully saturated rings. The maximum Gasteiger partial charge on any atom is 0.430 e. The number of piperidine rings is 2. The maximum atomic E-state index is 14.5. The first kappa shape index (κ1) is 26.9. The van der Waals surface area contributed by atoms with Crippen molar-refractivity contribution in [2.75, 3.05) is 26.7 Å². The molecule has 0 saturated carbocycles. The Balaban J connectivity index is 1.46. The highest BCUT2D eigenvalue weighted by Gasteiger charge is 2.64. The number of ether oxygens (including phenoxy) is 1. The number of nitrogens with zero attached hydrogens (tertiary/aromatic N) is 1. The van der Waals surface area contributed by atoms with Gasteiger partial charge in [-0.3, -0.25) is 9.59 Å². The number of hydrogen-bond acceptors (Lipinski definition) is 3. The van der Waals surface area contributed by atoms with Crippen molar-refractivity contribution in [3.8, 4) is 11.1 Å². The zero-order chi connectivity index (χ0) is 27.7. The minimum absolute atomic E-state index is 0.0484. The molecule has 8 heteroatoms. The van der Waals surface area contributed by atoms with Crippen molar-refractivity contribution in [2.24, 2.45) is 5.41 Å². The van der Waals surface area contributed by atoms with Crippen LogP contribution in [0.15, 0.2) is 84.9 Å². The van der Waals surface area contributed by atoms with Crippen LogP contribution in [0.3, 0.4) is 0 Å². The van der Waals surface area contributed by atoms with Gasteiger partial charge in [-0.25, -0.2) is 0 Å². The predicted octanol–water partition coefficient (Wildman–Crippen LogP) is 5.67. The summed E-state index contributed by atoms with van der Waals surface area (Å²) in [6.45, 7) is 0.638. The van der Waals surface area contributed by atoms with E-state index in [1.165, 1.54) is 29.2 Å². The summed E-state index contributed by atoms with van der Waals surface area (Å²) in [6.07, 6.45) is -3.88. The van der Waals surface area contributed by atoms with E-state index in [1.54, 1.807) is 6.07 Å². The van der Waals surface area contributed by atoms with Gasteiger partial charge in [0.1, 0.15) is 0 Å². The molecule has 0 aromatic heterocycles. The minimum Gasteiger partial charge on any atom is -0.356 e. The van der Waals surface area contributed by atoms with Crippen molar-refractivity contribution >= 4 is 11.8 Å². The van der Waals surface area contributed by atoms with Crippen LogP contribution in [0.4, 0.5) is 13.2 Å². The summed E-state index contributed by atoms with van der Waals surface area (Å²) in [6, 6.07) is 25.1. The standard InChI is InChI=1S/C31H31F3N2O3/c1-39-30(31(32,33)34,23-12-6-3-7-13-23)28(38)36-18-16-29(17-19-36)20-27(37)35-21-26(29)25-15-9-8-14-24(25)22-10-4-2-5-11-22/h2-15,26H,16-21H2,1H3,(H,35,37)/t26-,30+/m0/s1. The van der Waals surface area contributed by atoms with Gasteiger partial charge in [0.15, 0.2) is 0 Å². The molecular formula is C31H31F3N2O3. The fourth-order valence-corrected chi connectivity index (χ4v) is 6.36. The molecule has 1 spiro atoms. The summed E-state index contributed by atoms with van der Waals surface area (Å²) >= 11 is 0. The smallest absolute Gasteiger partial charge is 0.356 e. The molecule has 5 rings (SSSR count). The molecular weight excluding hydrogens is 505 g/mol. The molecule has 0 bridgehead atoms. The van der Waals surface area contributed by atoms with Crippen LogP contribution in [0.1, 0.15) is 36.3 Å². The molecule has 3 aromatic rings. The van der Waals surface area contributed by atoms with E-state index in [0.29, 0.717) is 19.4 Å². The van der Waals surface area contributed by atoms with E-state index in [2.05, 4.69) is 17.4 Å². The minimum atomic E-state index is -4.96. The summed E-state index contributed by atoms with van der Waals surface area (Å²) in [5.41, 5.74) is -0.610. The van der Waals surface area contributed by atoms with Gasteiger partial charge in [0.05, 0.1) is 0 Å². The van der Waals surface area contributed by atoms with Crippen LogP contribution in [-0.2, 0) is 19.9 Å². The Morgan fingerprint density at radius 3 is 2.13 bits per heavy atom. The zero-order valence-electron chi connectivity index (χ0n) is 21.7. The molecule has 2 aliphatic rings. The van der Waals surface area contributed by atoms with Crippen LogP contribution >= 0.6 is 0 Å². The van der Waals surface area contributed by atoms with E-state index < -0.39 is 23.1 Å². The van der Waals surface area contributed by atoms with Crippen molar-refractivity contribution in [3.63, 3.8) is 0 Å². The van der Waals surface area contributed by atoms with E-state index in [4.69, 9.17) is 4.74 Å². The lowest BCUT2D eigenvalue weighted by Crippen LogP contribution is -2.60. The SMILES string of the molecule is CO[C@@](C(=O)N1CCC2(CC1)CC(=O)NC[C@H]2c1ccccc1-c1ccccc1)(c1ccccc1)C(F)(F)F. The molecule has 0 radical (unpaired) electrons. The second-order valence-electron chi connectivity index (χ2n) is 10.4. The van der Waals surface area contributed by atoms with Gasteiger partial charge in [-0.2, -0.15) is 13.2 Å². The molecule has 5 nitrogen and oxygen atoms in total. The molecule has 39 heavy (non-hydrogen) atoms. The fourth-order valence-electron chi connectivity index (χ4n) is 6.36. The molecule has 1 N–H and O–H groups in total. The van der Waals surface area contributed by atoms with Crippen molar-refractivity contribution in [2.45, 2.75) is 37.0 Å². The zero-order valence-corrected chi connectivity index (χ0v) is 21.7. The van der Waals surface area contributed by atoms with Crippen LogP contribution in [0, 0.1) is 5.41 Å². The number of methoxy groups -OCH3 is 1. The molecule has 2 atom stereocenters. The monoisotopic (exact) mass is 536 g/mol. The number of carbonyl (C=O) groups excluding carboxylic acids is 2. The second-order valence-corrected chi connectivity index (χ2v) is 10.4. The molecule has 2 saturated heterocycles. The van der Waals surface area contributed by atoms with Gasteiger partial charge >= 0.3 is 6.18 Å². The largest absolute Gasteiger partial charge is 0.430 e. The number of hydrogen-bond donors (Lipinski definition) is 1. The lowest BCUT2D eigenvalue weighted by Gasteiger charge is -2.50. The van der Waals surface area contributed by atoms with Crippen LogP contribution in [0.25, 0.3) is 11.1 Å². The Morgan fingerprint density at radius 2 is 1.51 bits per heavy atom. The van der Waals surface area contributed by atoms with Gasteiger partial charge in [-0.05, 0) is 34.9 Å². The second kappa shape index (κ2) is 10.5. The van der Waals surface area contributed by atoms with E-state index >= 15 is 0 Å². The Bertz CT molecular complexity index is 1320. The molecule has 2 amide bonds. The first-order chi connectivity index (χ1) is 18.7. The van der Waals surface area contributed by atoms with Crippen molar-refractivity contribution in [1.29, 1.82) is 0 Å². The van der Waals surface area contributed by atoms with E-state index in [1.807, 2.05) is 42.5 Å². The Hall–Kier alpha value is -3.65. The summed E-state index contributed by atoms with van der Waals surface area (Å²) in [5.74, 6) is -1.25. The van der Waals surface area contributed by atoms with Gasteiger partial charge in [0, 0.05) is 44.6 Å². The van der Waals surface area contributed by atoms with Gasteiger partial charge < -0.3 is 15.0 Å². The molecule has 0 unspecified atom stereocenters. The summed E-state index contributed by atoms with van der Waals surface area (Å²) in [7, 11) is 0.922. The number of carbonyl (C=O) groups is 2. The maximum absolute atomic E-state index is 14.5. The van der Waals surface area contributed by atoms with Crippen molar-refractivity contribution in [3.05, 3.63) is 96.1 Å². The first-order valence-electron chi connectivity index (χ1n) is 13.1. The van der Waals surface area contributed by atoms with Gasteiger partial charge in [0.2, 0.25) is 5.91 Å². The molecule has 3 aromatic carbocycles. The van der Waals surface area contributed by atoms with Gasteiger partial charge in [0.25, 0.3) is 11.5 Å². The van der Waals surface area contributed by atoms with E-state index in [0.717, 1.165) is 23.8 Å². The number of halogens is 3. The third kappa shape index (κ3) is 4.71. The highest BCUT2D eigenvalue weighted by molar-refractivity contribution is 5.88. The Labute approximate surface area is 226 Å². The van der Waals surface area contributed by atoms with Gasteiger partial charge in [-0.15, -0.1) is 0 Å². The van der Waals surface area contributed by atoms with E-state index in [-0.39, 0.29) is 36.9 Å². The summed E-state index contributed by atoms with van der Waals surface area (Å²) in [4.78, 5) is 27.5. The van der Waals surface area contributed by atoms with Crippen LogP contribution in [-0.4, -0.2) is 49.6 Å². The topological polar surface area (TPSA) is 58.6 Å². The van der Waals surface area contributed by atoms with E-state index in [9.17, 15) is 22.8 Å². The number of nitrogens with one attached hydrogen (secondary N) is 1. The first-order valence-corrected chi connectivity index (χ1v) is 13.1. The number of amides is 2. The van der Waals surface area contributed by atoms with Crippen LogP contribution < -0.4 is 5.32 Å². The average molecular weight is 537 g/mol. The van der Waals surface area contributed by atoms with Crippen molar-refractivity contribution < 1.29 is 27.5 Å². The molecule has 204 valence electrons. The quantitative estimate of drug-likeness (QED) is 0.457. The number of benzene rings is 3. The highest BCUT2D eigenvalue weighted by Crippen LogP contribution is 2.52. The fraction of sp³-hybridized carbons (Fsp3) is 0.355. The number of alkyl halides is 3. The number of likely N-dealkylation sites (tertiary alicyclic amines) is 1. The predicted molar refractivity (Wildman–Crippen MR) is 142 cm³/mol. The molecule has 2 aliphatic heterocycles. The number of rotatable bonds is 5. The highest BCUT2D eigenvalue weighted by atomic mass is 19.4. The molecule has 2 heterocycles. The third-order valence-corrected chi connectivity index (χ3v) is 8.41. The lowest BCUT2D eigenvalue weighted by molar-refractivity contribution is -0.271. The lowest BCUT2D eigenvalue weighted by atomic mass is 9.61. The Kier molecular flexibility index (Phi) is 7.25.